The molecular formula is C10H9ClN4O3. The number of hydrogen-bond donors (Lipinski definition) is 0. The number of carbonyl (C=O) groups excluding carboxylic acids is 1. The van der Waals surface area contributed by atoms with E-state index in [1.165, 1.54) is 14.0 Å². The second kappa shape index (κ2) is 5.42. The lowest BCUT2D eigenvalue weighted by Gasteiger charge is -2.19. The fourth-order valence-electron chi connectivity index (χ4n) is 1.19. The van der Waals surface area contributed by atoms with E-state index in [4.69, 9.17) is 16.9 Å². The topological polar surface area (TPSA) is 100 Å². The number of aromatic nitrogens is 1. The molecule has 1 aromatic rings. The Labute approximate surface area is 108 Å². The predicted molar refractivity (Wildman–Crippen MR) is 63.1 cm³/mol. The van der Waals surface area contributed by atoms with Gasteiger partial charge in [0, 0.05) is 7.05 Å². The first-order chi connectivity index (χ1) is 8.38. The molecule has 0 aliphatic heterocycles. The summed E-state index contributed by atoms with van der Waals surface area (Å²) in [7, 11) is 1.38. The number of halogens is 1. The Balaban J connectivity index is 3.24. The van der Waals surface area contributed by atoms with Crippen LogP contribution in [0.25, 0.3) is 0 Å². The van der Waals surface area contributed by atoms with E-state index in [0.29, 0.717) is 0 Å². The SMILES string of the molecule is CC(C#N)N(C)C(=O)c1cc(Cl)ncc1[N+](=O)[O-]. The first-order valence-electron chi connectivity index (χ1n) is 4.85. The third kappa shape index (κ3) is 2.73. The van der Waals surface area contributed by atoms with Gasteiger partial charge in [0.25, 0.3) is 11.6 Å². The lowest BCUT2D eigenvalue weighted by Crippen LogP contribution is -2.34. The van der Waals surface area contributed by atoms with E-state index < -0.39 is 22.6 Å². The van der Waals surface area contributed by atoms with Gasteiger partial charge in [-0.1, -0.05) is 11.6 Å². The number of nitrogens with zero attached hydrogens (tertiary/aromatic N) is 4. The maximum atomic E-state index is 12.0. The molecule has 8 heteroatoms. The molecule has 0 aromatic carbocycles. The van der Waals surface area contributed by atoms with Crippen LogP contribution in [0.4, 0.5) is 5.69 Å². The second-order valence-corrected chi connectivity index (χ2v) is 3.89. The standard InChI is InChI=1S/C10H9ClN4O3/c1-6(4-12)14(2)10(16)7-3-9(11)13-5-8(7)15(17)18/h3,5-6H,1-2H3. The normalized spacial score (nSPS) is 11.4. The lowest BCUT2D eigenvalue weighted by molar-refractivity contribution is -0.385. The van der Waals surface area contributed by atoms with Crippen molar-refractivity contribution in [2.75, 3.05) is 7.05 Å². The molecule has 0 saturated carbocycles. The number of hydrogen-bond acceptors (Lipinski definition) is 5. The molecule has 0 bridgehead atoms. The van der Waals surface area contributed by atoms with Crippen molar-refractivity contribution < 1.29 is 9.72 Å². The van der Waals surface area contributed by atoms with E-state index in [9.17, 15) is 14.9 Å². The Hall–Kier alpha value is -2.20. The highest BCUT2D eigenvalue weighted by molar-refractivity contribution is 6.29. The van der Waals surface area contributed by atoms with Crippen LogP contribution in [0.15, 0.2) is 12.3 Å². The van der Waals surface area contributed by atoms with Gasteiger partial charge in [-0.3, -0.25) is 14.9 Å². The fraction of sp³-hybridized carbons (Fsp3) is 0.300. The van der Waals surface area contributed by atoms with E-state index in [0.717, 1.165) is 17.2 Å². The Morgan fingerprint density at radius 3 is 2.83 bits per heavy atom. The van der Waals surface area contributed by atoms with Gasteiger partial charge in [0.05, 0.1) is 11.0 Å². The van der Waals surface area contributed by atoms with Crippen molar-refractivity contribution in [1.82, 2.24) is 9.88 Å². The number of carbonyl (C=O) groups is 1. The largest absolute Gasteiger partial charge is 0.326 e. The molecule has 1 heterocycles. The summed E-state index contributed by atoms with van der Waals surface area (Å²) < 4.78 is 0. The molecule has 1 aromatic heterocycles. The van der Waals surface area contributed by atoms with Gasteiger partial charge in [-0.2, -0.15) is 5.26 Å². The molecule has 0 saturated heterocycles. The van der Waals surface area contributed by atoms with Crippen molar-refractivity contribution in [2.24, 2.45) is 0 Å². The molecule has 0 spiro atoms. The Morgan fingerprint density at radius 1 is 1.72 bits per heavy atom. The van der Waals surface area contributed by atoms with Crippen molar-refractivity contribution in [3.63, 3.8) is 0 Å². The zero-order valence-electron chi connectivity index (χ0n) is 9.62. The van der Waals surface area contributed by atoms with Crippen LogP contribution in [0, 0.1) is 21.4 Å². The van der Waals surface area contributed by atoms with Crippen molar-refractivity contribution in [3.8, 4) is 6.07 Å². The van der Waals surface area contributed by atoms with Crippen molar-refractivity contribution in [1.29, 1.82) is 5.26 Å². The highest BCUT2D eigenvalue weighted by atomic mass is 35.5. The number of amides is 1. The summed E-state index contributed by atoms with van der Waals surface area (Å²) in [6.07, 6.45) is 0.917. The van der Waals surface area contributed by atoms with Gasteiger partial charge in [-0.05, 0) is 13.0 Å². The molecule has 94 valence electrons. The average Bonchev–Trinajstić information content (AvgIpc) is 2.35. The number of rotatable bonds is 3. The summed E-state index contributed by atoms with van der Waals surface area (Å²) in [5.74, 6) is -0.653. The minimum Gasteiger partial charge on any atom is -0.326 e. The predicted octanol–water partition coefficient (Wildman–Crippen LogP) is 1.63. The molecule has 0 fully saturated rings. The molecule has 0 radical (unpaired) electrons. The molecule has 1 unspecified atom stereocenters. The van der Waals surface area contributed by atoms with Crippen LogP contribution >= 0.6 is 11.6 Å². The fourth-order valence-corrected chi connectivity index (χ4v) is 1.35. The van der Waals surface area contributed by atoms with E-state index in [1.807, 2.05) is 6.07 Å². The summed E-state index contributed by atoms with van der Waals surface area (Å²) in [5.41, 5.74) is -0.633. The van der Waals surface area contributed by atoms with Crippen LogP contribution in [0.3, 0.4) is 0 Å². The molecule has 1 atom stereocenters. The van der Waals surface area contributed by atoms with Crippen LogP contribution < -0.4 is 0 Å². The van der Waals surface area contributed by atoms with E-state index in [-0.39, 0.29) is 10.7 Å². The third-order valence-corrected chi connectivity index (χ3v) is 2.57. The first kappa shape index (κ1) is 13.9. The highest BCUT2D eigenvalue weighted by Crippen LogP contribution is 2.22. The highest BCUT2D eigenvalue weighted by Gasteiger charge is 2.26. The summed E-state index contributed by atoms with van der Waals surface area (Å²) in [4.78, 5) is 26.7. The van der Waals surface area contributed by atoms with Crippen LogP contribution in [-0.4, -0.2) is 33.8 Å². The molecule has 0 N–H and O–H groups in total. The molecule has 0 aliphatic carbocycles. The molecule has 0 aliphatic rings. The zero-order valence-corrected chi connectivity index (χ0v) is 10.4. The van der Waals surface area contributed by atoms with Gasteiger partial charge in [-0.25, -0.2) is 4.98 Å². The van der Waals surface area contributed by atoms with Gasteiger partial charge in [0.15, 0.2) is 0 Å². The quantitative estimate of drug-likeness (QED) is 0.471. The molecular weight excluding hydrogens is 260 g/mol. The zero-order chi connectivity index (χ0) is 13.9. The Kier molecular flexibility index (Phi) is 4.18. The summed E-state index contributed by atoms with van der Waals surface area (Å²) >= 11 is 5.61. The van der Waals surface area contributed by atoms with Crippen molar-refractivity contribution in [3.05, 3.63) is 33.1 Å². The molecule has 1 rings (SSSR count). The van der Waals surface area contributed by atoms with Gasteiger partial charge in [0.2, 0.25) is 0 Å². The summed E-state index contributed by atoms with van der Waals surface area (Å²) in [5, 5.41) is 19.5. The van der Waals surface area contributed by atoms with Crippen LogP contribution in [-0.2, 0) is 0 Å². The summed E-state index contributed by atoms with van der Waals surface area (Å²) in [6, 6.07) is 2.27. The number of pyridine rings is 1. The average molecular weight is 269 g/mol. The van der Waals surface area contributed by atoms with Crippen LogP contribution in [0.2, 0.25) is 5.15 Å². The van der Waals surface area contributed by atoms with E-state index in [2.05, 4.69) is 4.98 Å². The smallest absolute Gasteiger partial charge is 0.300 e. The maximum Gasteiger partial charge on any atom is 0.300 e. The van der Waals surface area contributed by atoms with Crippen molar-refractivity contribution >= 4 is 23.2 Å². The molecule has 7 nitrogen and oxygen atoms in total. The second-order valence-electron chi connectivity index (χ2n) is 3.50. The van der Waals surface area contributed by atoms with Gasteiger partial charge in [0.1, 0.15) is 23.0 Å². The third-order valence-electron chi connectivity index (χ3n) is 2.36. The van der Waals surface area contributed by atoms with Crippen LogP contribution in [0.1, 0.15) is 17.3 Å². The molecule has 1 amide bonds. The van der Waals surface area contributed by atoms with Crippen LogP contribution in [0.5, 0.6) is 0 Å². The van der Waals surface area contributed by atoms with Gasteiger partial charge >= 0.3 is 0 Å². The number of nitro groups is 1. The van der Waals surface area contributed by atoms with Gasteiger partial charge in [-0.15, -0.1) is 0 Å². The van der Waals surface area contributed by atoms with Gasteiger partial charge < -0.3 is 4.90 Å². The lowest BCUT2D eigenvalue weighted by atomic mass is 10.2. The number of nitriles is 1. The summed E-state index contributed by atoms with van der Waals surface area (Å²) in [6.45, 7) is 1.51. The minimum atomic E-state index is -0.721. The minimum absolute atomic E-state index is 0.0260. The van der Waals surface area contributed by atoms with E-state index >= 15 is 0 Å². The Morgan fingerprint density at radius 2 is 2.33 bits per heavy atom. The van der Waals surface area contributed by atoms with E-state index in [1.54, 1.807) is 0 Å². The maximum absolute atomic E-state index is 12.0. The molecule has 18 heavy (non-hydrogen) atoms. The first-order valence-corrected chi connectivity index (χ1v) is 5.23. The Bertz CT molecular complexity index is 540. The van der Waals surface area contributed by atoms with Crippen molar-refractivity contribution in [2.45, 2.75) is 13.0 Å². The monoisotopic (exact) mass is 268 g/mol.